The van der Waals surface area contributed by atoms with Gasteiger partial charge in [-0.25, -0.2) is 9.69 Å². The van der Waals surface area contributed by atoms with Crippen LogP contribution in [-0.4, -0.2) is 24.5 Å². The van der Waals surface area contributed by atoms with Gasteiger partial charge in [0.1, 0.15) is 12.2 Å². The minimum atomic E-state index is -0.796. The summed E-state index contributed by atoms with van der Waals surface area (Å²) < 4.78 is 13.3. The number of imide groups is 2. The molecular formula is C26H20Br2N2O5. The van der Waals surface area contributed by atoms with Gasteiger partial charge in [0.15, 0.2) is 11.5 Å². The van der Waals surface area contributed by atoms with Crippen molar-refractivity contribution in [1.29, 1.82) is 0 Å². The lowest BCUT2D eigenvalue weighted by molar-refractivity contribution is -0.122. The molecular weight excluding hydrogens is 580 g/mol. The average molecular weight is 600 g/mol. The van der Waals surface area contributed by atoms with Gasteiger partial charge < -0.3 is 9.47 Å². The number of para-hydroxylation sites is 1. The fraction of sp³-hybridized carbons (Fsp3) is 0.115. The summed E-state index contributed by atoms with van der Waals surface area (Å²) in [7, 11) is 0. The molecule has 4 amide bonds. The van der Waals surface area contributed by atoms with Gasteiger partial charge in [-0.15, -0.1) is 0 Å². The van der Waals surface area contributed by atoms with E-state index in [9.17, 15) is 14.4 Å². The normalized spacial score (nSPS) is 14.8. The number of anilines is 1. The molecule has 4 rings (SSSR count). The Kier molecular flexibility index (Phi) is 7.67. The summed E-state index contributed by atoms with van der Waals surface area (Å²) in [6, 6.07) is 18.7. The highest BCUT2D eigenvalue weighted by atomic mass is 79.9. The summed E-state index contributed by atoms with van der Waals surface area (Å²) in [5.41, 5.74) is 1.67. The second kappa shape index (κ2) is 10.9. The number of amides is 4. The van der Waals surface area contributed by atoms with Gasteiger partial charge >= 0.3 is 6.03 Å². The zero-order valence-electron chi connectivity index (χ0n) is 18.6. The van der Waals surface area contributed by atoms with Crippen molar-refractivity contribution in [1.82, 2.24) is 5.32 Å². The van der Waals surface area contributed by atoms with E-state index in [0.29, 0.717) is 40.4 Å². The predicted molar refractivity (Wildman–Crippen MR) is 139 cm³/mol. The van der Waals surface area contributed by atoms with Gasteiger partial charge in [-0.2, -0.15) is 0 Å². The largest absolute Gasteiger partial charge is 0.490 e. The van der Waals surface area contributed by atoms with E-state index in [1.54, 1.807) is 42.5 Å². The lowest BCUT2D eigenvalue weighted by Gasteiger charge is -2.26. The van der Waals surface area contributed by atoms with Crippen molar-refractivity contribution in [2.45, 2.75) is 13.5 Å². The molecule has 0 aliphatic carbocycles. The maximum Gasteiger partial charge on any atom is 0.335 e. The monoisotopic (exact) mass is 598 g/mol. The molecule has 3 aromatic carbocycles. The molecule has 7 nitrogen and oxygen atoms in total. The van der Waals surface area contributed by atoms with E-state index in [-0.39, 0.29) is 5.57 Å². The third kappa shape index (κ3) is 5.47. The number of carbonyl (C=O) groups is 3. The van der Waals surface area contributed by atoms with Crippen molar-refractivity contribution in [2.75, 3.05) is 11.5 Å². The van der Waals surface area contributed by atoms with Crippen molar-refractivity contribution < 1.29 is 23.9 Å². The molecule has 9 heteroatoms. The smallest absolute Gasteiger partial charge is 0.335 e. The molecule has 1 saturated heterocycles. The van der Waals surface area contributed by atoms with Crippen LogP contribution in [0.25, 0.3) is 6.08 Å². The maximum atomic E-state index is 13.1. The number of carbonyl (C=O) groups excluding carboxylic acids is 3. The predicted octanol–water partition coefficient (Wildman–Crippen LogP) is 5.86. The van der Waals surface area contributed by atoms with Gasteiger partial charge in [-0.3, -0.25) is 14.9 Å². The molecule has 0 spiro atoms. The van der Waals surface area contributed by atoms with Crippen LogP contribution >= 0.6 is 31.9 Å². The number of rotatable bonds is 7. The van der Waals surface area contributed by atoms with E-state index in [0.717, 1.165) is 14.9 Å². The second-order valence-corrected chi connectivity index (χ2v) is 9.15. The van der Waals surface area contributed by atoms with E-state index in [1.807, 2.05) is 31.2 Å². The summed E-state index contributed by atoms with van der Waals surface area (Å²) in [6.07, 6.45) is 1.42. The van der Waals surface area contributed by atoms with Gasteiger partial charge in [0.05, 0.1) is 16.8 Å². The Morgan fingerprint density at radius 1 is 0.914 bits per heavy atom. The first-order valence-corrected chi connectivity index (χ1v) is 12.3. The summed E-state index contributed by atoms with van der Waals surface area (Å²) in [5.74, 6) is -0.547. The molecule has 3 aromatic rings. The number of ether oxygens (including phenoxy) is 2. The Labute approximate surface area is 219 Å². The number of hydrogen-bond acceptors (Lipinski definition) is 5. The highest BCUT2D eigenvalue weighted by Gasteiger charge is 2.36. The van der Waals surface area contributed by atoms with Gasteiger partial charge in [-0.1, -0.05) is 52.3 Å². The summed E-state index contributed by atoms with van der Waals surface area (Å²) >= 11 is 7.03. The fourth-order valence-corrected chi connectivity index (χ4v) is 4.45. The van der Waals surface area contributed by atoms with E-state index in [1.165, 1.54) is 6.08 Å². The Morgan fingerprint density at radius 3 is 2.34 bits per heavy atom. The first-order valence-electron chi connectivity index (χ1n) is 10.7. The molecule has 0 aromatic heterocycles. The molecule has 0 radical (unpaired) electrons. The topological polar surface area (TPSA) is 84.9 Å². The molecule has 1 aliphatic rings. The standard InChI is InChI=1S/C26H20Br2N2O5/c1-2-34-22-14-16(13-21(28)23(22)35-15-17-8-6-7-11-20(17)27)12-19-24(31)29-26(33)30(25(19)32)18-9-4-3-5-10-18/h3-14H,2,15H2,1H3,(H,29,31,33)/b19-12+. The molecule has 1 heterocycles. The van der Waals surface area contributed by atoms with Crippen LogP contribution in [0, 0.1) is 0 Å². The molecule has 178 valence electrons. The van der Waals surface area contributed by atoms with Crippen LogP contribution in [0.1, 0.15) is 18.1 Å². The number of hydrogen-bond donors (Lipinski definition) is 1. The minimum absolute atomic E-state index is 0.176. The van der Waals surface area contributed by atoms with Gasteiger partial charge in [0.25, 0.3) is 11.8 Å². The van der Waals surface area contributed by atoms with Crippen LogP contribution in [0.3, 0.4) is 0 Å². The van der Waals surface area contributed by atoms with E-state index >= 15 is 0 Å². The average Bonchev–Trinajstić information content (AvgIpc) is 2.83. The number of barbiturate groups is 1. The van der Waals surface area contributed by atoms with Crippen molar-refractivity contribution in [3.63, 3.8) is 0 Å². The number of benzene rings is 3. The Bertz CT molecular complexity index is 1320. The Balaban J connectivity index is 1.66. The third-order valence-corrected chi connectivity index (χ3v) is 6.45. The molecule has 0 atom stereocenters. The van der Waals surface area contributed by atoms with Crippen LogP contribution in [0.4, 0.5) is 10.5 Å². The Hall–Kier alpha value is -3.43. The molecule has 0 saturated carbocycles. The second-order valence-electron chi connectivity index (χ2n) is 7.44. The number of nitrogens with zero attached hydrogens (tertiary/aromatic N) is 1. The lowest BCUT2D eigenvalue weighted by atomic mass is 10.1. The van der Waals surface area contributed by atoms with Gasteiger partial charge in [0, 0.05) is 10.0 Å². The van der Waals surface area contributed by atoms with Crippen LogP contribution in [0.5, 0.6) is 11.5 Å². The molecule has 1 aliphatic heterocycles. The van der Waals surface area contributed by atoms with Gasteiger partial charge in [0.2, 0.25) is 0 Å². The lowest BCUT2D eigenvalue weighted by Crippen LogP contribution is -2.54. The highest BCUT2D eigenvalue weighted by molar-refractivity contribution is 9.10. The number of halogens is 2. The fourth-order valence-electron chi connectivity index (χ4n) is 3.48. The quantitative estimate of drug-likeness (QED) is 0.272. The maximum absolute atomic E-state index is 13.1. The number of nitrogens with one attached hydrogen (secondary N) is 1. The molecule has 35 heavy (non-hydrogen) atoms. The first-order chi connectivity index (χ1) is 16.9. The molecule has 0 unspecified atom stereocenters. The zero-order chi connectivity index (χ0) is 24.9. The van der Waals surface area contributed by atoms with Crippen molar-refractivity contribution in [3.8, 4) is 11.5 Å². The summed E-state index contributed by atoms with van der Waals surface area (Å²) in [6.45, 7) is 2.53. The van der Waals surface area contributed by atoms with Crippen molar-refractivity contribution in [2.24, 2.45) is 0 Å². The van der Waals surface area contributed by atoms with Crippen LogP contribution in [0.15, 0.2) is 81.2 Å². The van der Waals surface area contributed by atoms with Crippen LogP contribution in [0.2, 0.25) is 0 Å². The minimum Gasteiger partial charge on any atom is -0.490 e. The first kappa shape index (κ1) is 24.7. The third-order valence-electron chi connectivity index (χ3n) is 5.09. The van der Waals surface area contributed by atoms with E-state index in [2.05, 4.69) is 37.2 Å². The van der Waals surface area contributed by atoms with E-state index < -0.39 is 17.8 Å². The SMILES string of the molecule is CCOc1cc(/C=C2\C(=O)NC(=O)N(c3ccccc3)C2=O)cc(Br)c1OCc1ccccc1Br. The molecule has 0 bridgehead atoms. The van der Waals surface area contributed by atoms with Crippen molar-refractivity contribution in [3.05, 3.63) is 92.4 Å². The van der Waals surface area contributed by atoms with Crippen LogP contribution in [-0.2, 0) is 16.2 Å². The Morgan fingerprint density at radius 2 is 1.63 bits per heavy atom. The van der Waals surface area contributed by atoms with E-state index in [4.69, 9.17) is 9.47 Å². The summed E-state index contributed by atoms with van der Waals surface area (Å²) in [4.78, 5) is 38.9. The van der Waals surface area contributed by atoms with Gasteiger partial charge in [-0.05, 0) is 64.8 Å². The highest BCUT2D eigenvalue weighted by Crippen LogP contribution is 2.38. The molecule has 1 fully saturated rings. The van der Waals surface area contributed by atoms with Crippen LogP contribution < -0.4 is 19.7 Å². The summed E-state index contributed by atoms with van der Waals surface area (Å²) in [5, 5.41) is 2.22. The molecule has 1 N–H and O–H groups in total. The van der Waals surface area contributed by atoms with Crippen molar-refractivity contribution >= 4 is 61.5 Å². The zero-order valence-corrected chi connectivity index (χ0v) is 21.8. The number of urea groups is 1.